The molecule has 1 aliphatic heterocycles. The quantitative estimate of drug-likeness (QED) is 0.700. The maximum atomic E-state index is 11.6. The summed E-state index contributed by atoms with van der Waals surface area (Å²) in [5.41, 5.74) is -0.256. The molecule has 0 spiro atoms. The van der Waals surface area contributed by atoms with Gasteiger partial charge in [-0.05, 0) is 26.7 Å². The summed E-state index contributed by atoms with van der Waals surface area (Å²) in [6.45, 7) is 6.50. The first kappa shape index (κ1) is 10.9. The van der Waals surface area contributed by atoms with Crippen LogP contribution in [-0.2, 0) is 9.53 Å². The molecule has 0 unspecified atom stereocenters. The second kappa shape index (κ2) is 4.12. The van der Waals surface area contributed by atoms with Gasteiger partial charge in [0.15, 0.2) is 0 Å². The van der Waals surface area contributed by atoms with Gasteiger partial charge >= 0.3 is 5.97 Å². The summed E-state index contributed by atoms with van der Waals surface area (Å²) in [7, 11) is 0. The second-order valence-corrected chi connectivity index (χ2v) is 5.44. The Kier molecular flexibility index (Phi) is 3.01. The fraction of sp³-hybridized carbons (Fsp3) is 0.917. The van der Waals surface area contributed by atoms with Crippen LogP contribution in [0.25, 0.3) is 0 Å². The van der Waals surface area contributed by atoms with Crippen molar-refractivity contribution in [3.8, 4) is 0 Å². The lowest BCUT2D eigenvalue weighted by molar-refractivity contribution is -0.665. The minimum absolute atomic E-state index is 0.0366. The van der Waals surface area contributed by atoms with E-state index in [9.17, 15) is 4.79 Å². The van der Waals surface area contributed by atoms with E-state index >= 15 is 0 Å². The van der Waals surface area contributed by atoms with Crippen molar-refractivity contribution in [1.29, 1.82) is 0 Å². The summed E-state index contributed by atoms with van der Waals surface area (Å²) >= 11 is 0. The van der Waals surface area contributed by atoms with E-state index in [0.29, 0.717) is 5.92 Å². The Hall–Kier alpha value is -0.570. The summed E-state index contributed by atoms with van der Waals surface area (Å²) in [6, 6.07) is 0. The number of ether oxygens (including phenoxy) is 1. The molecule has 1 saturated carbocycles. The highest BCUT2D eigenvalue weighted by Gasteiger charge is 2.39. The molecule has 1 aliphatic carbocycles. The minimum atomic E-state index is -0.256. The van der Waals surface area contributed by atoms with Gasteiger partial charge in [-0.15, -0.1) is 0 Å². The van der Waals surface area contributed by atoms with E-state index in [2.05, 4.69) is 19.2 Å². The van der Waals surface area contributed by atoms with Gasteiger partial charge in [0.2, 0.25) is 0 Å². The van der Waals surface area contributed by atoms with Gasteiger partial charge in [-0.25, -0.2) is 0 Å². The zero-order valence-electron chi connectivity index (χ0n) is 9.79. The number of hydrogen-bond donors (Lipinski definition) is 1. The largest absolute Gasteiger partial charge is 0.459 e. The molecule has 0 bridgehead atoms. The molecule has 0 aromatic carbocycles. The lowest BCUT2D eigenvalue weighted by Gasteiger charge is -2.35. The molecule has 86 valence electrons. The van der Waals surface area contributed by atoms with Crippen molar-refractivity contribution >= 4 is 5.97 Å². The van der Waals surface area contributed by atoms with Crippen LogP contribution >= 0.6 is 0 Å². The van der Waals surface area contributed by atoms with Gasteiger partial charge in [0.1, 0.15) is 5.60 Å². The number of esters is 1. The van der Waals surface area contributed by atoms with Crippen LogP contribution in [0.2, 0.25) is 0 Å². The van der Waals surface area contributed by atoms with Crippen molar-refractivity contribution in [3.63, 3.8) is 0 Å². The molecule has 1 saturated heterocycles. The van der Waals surface area contributed by atoms with Crippen LogP contribution in [0.4, 0.5) is 0 Å². The SMILES string of the molecule is CC(C)(OC(=O)C1CC1)C1CC[NH2+]CC1. The van der Waals surface area contributed by atoms with E-state index in [4.69, 9.17) is 4.74 Å². The van der Waals surface area contributed by atoms with Gasteiger partial charge in [0, 0.05) is 18.8 Å². The van der Waals surface area contributed by atoms with Gasteiger partial charge in [-0.1, -0.05) is 0 Å². The van der Waals surface area contributed by atoms with Crippen LogP contribution in [0.1, 0.15) is 39.5 Å². The highest BCUT2D eigenvalue weighted by atomic mass is 16.6. The third-order valence-electron chi connectivity index (χ3n) is 3.70. The normalized spacial score (nSPS) is 23.9. The predicted octanol–water partition coefficient (Wildman–Crippen LogP) is 0.692. The molecule has 2 fully saturated rings. The third kappa shape index (κ3) is 2.71. The number of nitrogens with two attached hydrogens (primary N) is 1. The maximum absolute atomic E-state index is 11.6. The molecule has 2 aliphatic rings. The lowest BCUT2D eigenvalue weighted by atomic mass is 9.83. The first-order valence-electron chi connectivity index (χ1n) is 6.14. The van der Waals surface area contributed by atoms with E-state index in [1.54, 1.807) is 0 Å². The average Bonchev–Trinajstić information content (AvgIpc) is 3.01. The van der Waals surface area contributed by atoms with Crippen LogP contribution in [-0.4, -0.2) is 24.7 Å². The smallest absolute Gasteiger partial charge is 0.309 e. The van der Waals surface area contributed by atoms with Crippen molar-refractivity contribution in [2.24, 2.45) is 11.8 Å². The molecular weight excluding hydrogens is 190 g/mol. The van der Waals surface area contributed by atoms with Gasteiger partial charge < -0.3 is 10.1 Å². The fourth-order valence-electron chi connectivity index (χ4n) is 2.37. The van der Waals surface area contributed by atoms with Crippen molar-refractivity contribution in [2.45, 2.75) is 45.1 Å². The fourth-order valence-corrected chi connectivity index (χ4v) is 2.37. The van der Waals surface area contributed by atoms with Crippen LogP contribution in [0, 0.1) is 11.8 Å². The van der Waals surface area contributed by atoms with Gasteiger partial charge in [0.05, 0.1) is 19.0 Å². The molecule has 2 N–H and O–H groups in total. The molecule has 1 heterocycles. The molecular formula is C12H22NO2+. The van der Waals surface area contributed by atoms with Crippen LogP contribution < -0.4 is 5.32 Å². The van der Waals surface area contributed by atoms with E-state index in [0.717, 1.165) is 12.8 Å². The Morgan fingerprint density at radius 2 is 1.80 bits per heavy atom. The second-order valence-electron chi connectivity index (χ2n) is 5.44. The summed E-state index contributed by atoms with van der Waals surface area (Å²) in [5.74, 6) is 0.805. The molecule has 3 heteroatoms. The van der Waals surface area contributed by atoms with Gasteiger partial charge in [-0.2, -0.15) is 0 Å². The highest BCUT2D eigenvalue weighted by Crippen LogP contribution is 2.35. The Bertz CT molecular complexity index is 240. The third-order valence-corrected chi connectivity index (χ3v) is 3.70. The van der Waals surface area contributed by atoms with Crippen molar-refractivity contribution in [1.82, 2.24) is 0 Å². The topological polar surface area (TPSA) is 42.9 Å². The molecule has 0 radical (unpaired) electrons. The molecule has 0 amide bonds. The molecule has 2 rings (SSSR count). The zero-order chi connectivity index (χ0) is 10.9. The number of hydrogen-bond acceptors (Lipinski definition) is 2. The minimum Gasteiger partial charge on any atom is -0.459 e. The van der Waals surface area contributed by atoms with Crippen molar-refractivity contribution < 1.29 is 14.8 Å². The van der Waals surface area contributed by atoms with Crippen LogP contribution in [0.15, 0.2) is 0 Å². The van der Waals surface area contributed by atoms with Crippen molar-refractivity contribution in [3.05, 3.63) is 0 Å². The number of carbonyl (C=O) groups is 1. The number of quaternary nitrogens is 1. The standard InChI is InChI=1S/C12H21NO2/c1-12(2,10-5-7-13-8-6-10)15-11(14)9-3-4-9/h9-10,13H,3-8H2,1-2H3/p+1. The number of rotatable bonds is 3. The highest BCUT2D eigenvalue weighted by molar-refractivity contribution is 5.75. The Morgan fingerprint density at radius 3 is 2.33 bits per heavy atom. The summed E-state index contributed by atoms with van der Waals surface area (Å²) in [4.78, 5) is 11.6. The van der Waals surface area contributed by atoms with Crippen LogP contribution in [0.5, 0.6) is 0 Å². The Morgan fingerprint density at radius 1 is 1.20 bits per heavy atom. The molecule has 0 aromatic heterocycles. The Labute approximate surface area is 91.6 Å². The number of piperidine rings is 1. The molecule has 0 atom stereocenters. The molecule has 0 aromatic rings. The molecule has 15 heavy (non-hydrogen) atoms. The maximum Gasteiger partial charge on any atom is 0.309 e. The zero-order valence-corrected chi connectivity index (χ0v) is 9.79. The molecule has 3 nitrogen and oxygen atoms in total. The first-order valence-corrected chi connectivity index (χ1v) is 6.14. The average molecular weight is 212 g/mol. The summed E-state index contributed by atoms with van der Waals surface area (Å²) in [6.07, 6.45) is 4.41. The van der Waals surface area contributed by atoms with E-state index < -0.39 is 0 Å². The van der Waals surface area contributed by atoms with Gasteiger partial charge in [-0.3, -0.25) is 4.79 Å². The van der Waals surface area contributed by atoms with Gasteiger partial charge in [0.25, 0.3) is 0 Å². The Balaban J connectivity index is 1.88. The predicted molar refractivity (Wildman–Crippen MR) is 57.3 cm³/mol. The summed E-state index contributed by atoms with van der Waals surface area (Å²) < 4.78 is 5.65. The first-order chi connectivity index (χ1) is 7.09. The van der Waals surface area contributed by atoms with Crippen molar-refractivity contribution in [2.75, 3.05) is 13.1 Å². The lowest BCUT2D eigenvalue weighted by Crippen LogP contribution is -2.86. The monoisotopic (exact) mass is 212 g/mol. The van der Waals surface area contributed by atoms with Crippen LogP contribution in [0.3, 0.4) is 0 Å². The number of carbonyl (C=O) groups excluding carboxylic acids is 1. The van der Waals surface area contributed by atoms with E-state index in [-0.39, 0.29) is 17.5 Å². The van der Waals surface area contributed by atoms with E-state index in [1.165, 1.54) is 25.9 Å². The summed E-state index contributed by atoms with van der Waals surface area (Å²) in [5, 5.41) is 2.34. The van der Waals surface area contributed by atoms with E-state index in [1.807, 2.05) is 0 Å².